The molecule has 3 nitrogen and oxygen atoms in total. The van der Waals surface area contributed by atoms with E-state index >= 15 is 0 Å². The van der Waals surface area contributed by atoms with E-state index in [0.29, 0.717) is 13.0 Å². The molecule has 114 valence electrons. The number of hydrogen-bond donors (Lipinski definition) is 0. The van der Waals surface area contributed by atoms with Crippen molar-refractivity contribution in [2.24, 2.45) is 0 Å². The fourth-order valence-corrected chi connectivity index (χ4v) is 1.64. The lowest BCUT2D eigenvalue weighted by Gasteiger charge is -2.02. The number of alkyl halides is 2. The molecule has 0 radical (unpaired) electrons. The van der Waals surface area contributed by atoms with Crippen molar-refractivity contribution in [2.75, 3.05) is 6.61 Å². The fraction of sp³-hybridized carbons (Fsp3) is 0.857. The Hall–Kier alpha value is -0.280. The zero-order valence-electron chi connectivity index (χ0n) is 12.2. The molecule has 0 aliphatic rings. The first-order chi connectivity index (χ1) is 8.90. The molecule has 0 heterocycles. The van der Waals surface area contributed by atoms with Crippen LogP contribution in [0, 0.1) is 0 Å². The average Bonchev–Trinajstić information content (AvgIpc) is 2.27. The van der Waals surface area contributed by atoms with Crippen molar-refractivity contribution in [3.05, 3.63) is 0 Å². The Morgan fingerprint density at radius 3 is 1.95 bits per heavy atom. The number of unbranched alkanes of at least 4 members (excludes halogenated alkanes) is 4. The molecule has 19 heavy (non-hydrogen) atoms. The molecule has 0 aromatic carbocycles. The van der Waals surface area contributed by atoms with Gasteiger partial charge in [-0.05, 0) is 33.6 Å². The van der Waals surface area contributed by atoms with E-state index in [0.717, 1.165) is 38.5 Å². The molecule has 0 atom stereocenters. The molecule has 0 spiro atoms. The Kier molecular flexibility index (Phi) is 17.5. The summed E-state index contributed by atoms with van der Waals surface area (Å²) >= 11 is 11.2. The normalized spacial score (nSPS) is 9.79. The highest BCUT2D eigenvalue weighted by Gasteiger charge is 2.01. The van der Waals surface area contributed by atoms with Gasteiger partial charge in [0.15, 0.2) is 0 Å². The number of carbonyl (C=O) groups is 2. The lowest BCUT2D eigenvalue weighted by atomic mass is 10.1. The van der Waals surface area contributed by atoms with Gasteiger partial charge >= 0.3 is 5.97 Å². The maximum Gasteiger partial charge on any atom is 0.305 e. The predicted molar refractivity (Wildman–Crippen MR) is 80.8 cm³/mol. The maximum absolute atomic E-state index is 11.0. The molecular formula is C14H26Cl2O3. The first-order valence-corrected chi connectivity index (χ1v) is 7.68. The van der Waals surface area contributed by atoms with Crippen LogP contribution < -0.4 is 0 Å². The van der Waals surface area contributed by atoms with Crippen LogP contribution in [0.2, 0.25) is 0 Å². The van der Waals surface area contributed by atoms with Crippen LogP contribution >= 0.6 is 23.2 Å². The third-order valence-electron chi connectivity index (χ3n) is 2.11. The van der Waals surface area contributed by atoms with Gasteiger partial charge in [-0.2, -0.15) is 0 Å². The molecule has 0 aliphatic carbocycles. The third-order valence-corrected chi connectivity index (χ3v) is 2.55. The molecule has 5 heteroatoms. The molecular weight excluding hydrogens is 287 g/mol. The van der Waals surface area contributed by atoms with Crippen molar-refractivity contribution >= 4 is 35.0 Å². The molecule has 0 aromatic rings. The Bertz CT molecular complexity index is 227. The zero-order valence-corrected chi connectivity index (χ0v) is 13.7. The van der Waals surface area contributed by atoms with Crippen molar-refractivity contribution in [3.63, 3.8) is 0 Å². The van der Waals surface area contributed by atoms with Crippen molar-refractivity contribution in [3.8, 4) is 0 Å². The quantitative estimate of drug-likeness (QED) is 0.353. The van der Waals surface area contributed by atoms with Gasteiger partial charge < -0.3 is 9.53 Å². The van der Waals surface area contributed by atoms with Crippen LogP contribution in [0.3, 0.4) is 0 Å². The number of esters is 1. The van der Waals surface area contributed by atoms with E-state index in [1.54, 1.807) is 0 Å². The number of hydrogen-bond acceptors (Lipinski definition) is 3. The molecule has 0 aromatic heterocycles. The van der Waals surface area contributed by atoms with E-state index in [-0.39, 0.29) is 16.6 Å². The SMILES string of the molecule is CC(C)=O.CCOC(=O)CCCCCCCC(Cl)Cl. The fourth-order valence-electron chi connectivity index (χ4n) is 1.33. The van der Waals surface area contributed by atoms with E-state index in [1.807, 2.05) is 6.92 Å². The summed E-state index contributed by atoms with van der Waals surface area (Å²) in [5, 5.41) is 0. The van der Waals surface area contributed by atoms with Crippen molar-refractivity contribution in [1.82, 2.24) is 0 Å². The van der Waals surface area contributed by atoms with Gasteiger partial charge in [-0.1, -0.05) is 25.7 Å². The second-order valence-electron chi connectivity index (χ2n) is 4.41. The number of ketones is 1. The maximum atomic E-state index is 11.0. The Balaban J connectivity index is 0. The van der Waals surface area contributed by atoms with Gasteiger partial charge in [0.1, 0.15) is 10.6 Å². The van der Waals surface area contributed by atoms with Crippen LogP contribution in [0.25, 0.3) is 0 Å². The molecule has 0 amide bonds. The lowest BCUT2D eigenvalue weighted by Crippen LogP contribution is -2.03. The van der Waals surface area contributed by atoms with Crippen molar-refractivity contribution in [2.45, 2.75) is 70.6 Å². The molecule has 0 saturated heterocycles. The lowest BCUT2D eigenvalue weighted by molar-refractivity contribution is -0.143. The van der Waals surface area contributed by atoms with Crippen LogP contribution in [-0.4, -0.2) is 23.2 Å². The summed E-state index contributed by atoms with van der Waals surface area (Å²) < 4.78 is 4.83. The molecule has 0 N–H and O–H groups in total. The minimum absolute atomic E-state index is 0.0842. The number of rotatable bonds is 9. The number of Topliss-reactive ketones (excluding diaryl/α,β-unsaturated/α-hetero) is 1. The summed E-state index contributed by atoms with van der Waals surface area (Å²) in [5.41, 5.74) is 0. The second-order valence-corrected chi connectivity index (χ2v) is 5.69. The van der Waals surface area contributed by atoms with Crippen LogP contribution in [-0.2, 0) is 14.3 Å². The molecule has 0 aliphatic heterocycles. The van der Waals surface area contributed by atoms with Gasteiger partial charge in [0.2, 0.25) is 0 Å². The minimum atomic E-state index is -0.232. The highest BCUT2D eigenvalue weighted by molar-refractivity contribution is 6.44. The predicted octanol–water partition coefficient (Wildman–Crippen LogP) is 4.68. The van der Waals surface area contributed by atoms with Crippen LogP contribution in [0.15, 0.2) is 0 Å². The Labute approximate surface area is 127 Å². The number of ether oxygens (including phenoxy) is 1. The Morgan fingerprint density at radius 1 is 1.00 bits per heavy atom. The van der Waals surface area contributed by atoms with Gasteiger partial charge in [0.25, 0.3) is 0 Å². The summed E-state index contributed by atoms with van der Waals surface area (Å²) in [4.78, 5) is 20.2. The van der Waals surface area contributed by atoms with E-state index in [2.05, 4.69) is 0 Å². The van der Waals surface area contributed by atoms with E-state index < -0.39 is 0 Å². The summed E-state index contributed by atoms with van der Waals surface area (Å²) in [7, 11) is 0. The molecule has 0 rings (SSSR count). The summed E-state index contributed by atoms with van der Waals surface area (Å²) in [6.45, 7) is 5.36. The largest absolute Gasteiger partial charge is 0.466 e. The van der Waals surface area contributed by atoms with E-state index in [1.165, 1.54) is 13.8 Å². The first-order valence-electron chi connectivity index (χ1n) is 6.81. The van der Waals surface area contributed by atoms with E-state index in [4.69, 9.17) is 27.9 Å². The van der Waals surface area contributed by atoms with Crippen LogP contribution in [0.1, 0.15) is 65.7 Å². The third kappa shape index (κ3) is 27.1. The molecule has 0 saturated carbocycles. The topological polar surface area (TPSA) is 43.4 Å². The summed E-state index contributed by atoms with van der Waals surface area (Å²) in [5.74, 6) is 0.0825. The smallest absolute Gasteiger partial charge is 0.305 e. The summed E-state index contributed by atoms with van der Waals surface area (Å²) in [6, 6.07) is 0. The second kappa shape index (κ2) is 15.8. The zero-order chi connectivity index (χ0) is 15.1. The standard InChI is InChI=1S/C11H20Cl2O2.C3H6O/c1-2-15-11(14)9-7-5-3-4-6-8-10(12)13;1-3(2)4/h10H,2-9H2,1H3;1-2H3. The Morgan fingerprint density at radius 2 is 1.47 bits per heavy atom. The van der Waals surface area contributed by atoms with Crippen LogP contribution in [0.4, 0.5) is 0 Å². The van der Waals surface area contributed by atoms with Gasteiger partial charge in [-0.3, -0.25) is 4.79 Å². The first kappa shape index (κ1) is 21.0. The van der Waals surface area contributed by atoms with Crippen molar-refractivity contribution in [1.29, 1.82) is 0 Å². The van der Waals surface area contributed by atoms with Crippen LogP contribution in [0.5, 0.6) is 0 Å². The summed E-state index contributed by atoms with van der Waals surface area (Å²) in [6.07, 6.45) is 6.75. The monoisotopic (exact) mass is 312 g/mol. The van der Waals surface area contributed by atoms with Crippen molar-refractivity contribution < 1.29 is 14.3 Å². The molecule has 0 fully saturated rings. The molecule has 0 bridgehead atoms. The van der Waals surface area contributed by atoms with Gasteiger partial charge in [0.05, 0.1) is 6.61 Å². The number of carbonyl (C=O) groups excluding carboxylic acids is 2. The van der Waals surface area contributed by atoms with Gasteiger partial charge in [-0.15, -0.1) is 23.2 Å². The highest BCUT2D eigenvalue weighted by Crippen LogP contribution is 2.14. The highest BCUT2D eigenvalue weighted by atomic mass is 35.5. The van der Waals surface area contributed by atoms with E-state index in [9.17, 15) is 9.59 Å². The molecule has 0 unspecified atom stereocenters. The van der Waals surface area contributed by atoms with Gasteiger partial charge in [0, 0.05) is 6.42 Å². The number of halogens is 2. The average molecular weight is 313 g/mol. The van der Waals surface area contributed by atoms with Gasteiger partial charge in [-0.25, -0.2) is 0 Å². The minimum Gasteiger partial charge on any atom is -0.466 e.